The van der Waals surface area contributed by atoms with Crippen molar-refractivity contribution in [3.63, 3.8) is 0 Å². The van der Waals surface area contributed by atoms with E-state index in [1.165, 1.54) is 24.3 Å². The smallest absolute Gasteiger partial charge is 0.262 e. The minimum atomic E-state index is -3.80. The first-order chi connectivity index (χ1) is 14.7. The van der Waals surface area contributed by atoms with Gasteiger partial charge >= 0.3 is 0 Å². The van der Waals surface area contributed by atoms with Gasteiger partial charge in [0, 0.05) is 15.7 Å². The van der Waals surface area contributed by atoms with Crippen LogP contribution in [-0.4, -0.2) is 20.9 Å². The van der Waals surface area contributed by atoms with E-state index in [1.807, 2.05) is 6.92 Å². The molecule has 0 atom stereocenters. The normalized spacial score (nSPS) is 11.1. The summed E-state index contributed by atoms with van der Waals surface area (Å²) in [5.41, 5.74) is 2.57. The highest BCUT2D eigenvalue weighted by Gasteiger charge is 2.15. The molecule has 0 spiro atoms. The average Bonchev–Trinajstić information content (AvgIpc) is 2.73. The van der Waals surface area contributed by atoms with E-state index in [0.717, 1.165) is 11.1 Å². The van der Waals surface area contributed by atoms with Gasteiger partial charge in [-0.3, -0.25) is 9.52 Å². The molecule has 0 heterocycles. The fraction of sp³-hybridized carbons (Fsp3) is 0.136. The SMILES string of the molecule is Cc1ccc(NS(=O)(=O)c2ccc(OCC(=O)Nc3cccc(Cl)c3C)cc2)cc1Cl. The molecule has 0 aliphatic rings. The van der Waals surface area contributed by atoms with Gasteiger partial charge in [-0.05, 0) is 73.5 Å². The lowest BCUT2D eigenvalue weighted by Crippen LogP contribution is -2.20. The zero-order valence-corrected chi connectivity index (χ0v) is 19.1. The van der Waals surface area contributed by atoms with Gasteiger partial charge < -0.3 is 10.1 Å². The summed E-state index contributed by atoms with van der Waals surface area (Å²) in [4.78, 5) is 12.2. The standard InChI is InChI=1S/C22H20Cl2N2O4S/c1-14-6-7-16(12-20(14)24)26-31(28,29)18-10-8-17(9-11-18)30-13-22(27)25-21-5-3-4-19(23)15(21)2/h3-12,26H,13H2,1-2H3,(H,25,27). The second kappa shape index (κ2) is 9.60. The van der Waals surface area contributed by atoms with Gasteiger partial charge in [-0.1, -0.05) is 35.3 Å². The number of sulfonamides is 1. The second-order valence-corrected chi connectivity index (χ2v) is 9.29. The zero-order chi connectivity index (χ0) is 22.6. The Bertz CT molecular complexity index is 1210. The number of hydrogen-bond donors (Lipinski definition) is 2. The average molecular weight is 479 g/mol. The van der Waals surface area contributed by atoms with Crippen molar-refractivity contribution in [2.45, 2.75) is 18.7 Å². The molecular weight excluding hydrogens is 459 g/mol. The molecule has 162 valence electrons. The molecule has 0 saturated heterocycles. The number of hydrogen-bond acceptors (Lipinski definition) is 4. The number of halogens is 2. The molecule has 0 saturated carbocycles. The van der Waals surface area contributed by atoms with Crippen molar-refractivity contribution in [1.82, 2.24) is 0 Å². The van der Waals surface area contributed by atoms with Crippen molar-refractivity contribution >= 4 is 50.5 Å². The van der Waals surface area contributed by atoms with Gasteiger partial charge in [0.05, 0.1) is 10.6 Å². The maximum Gasteiger partial charge on any atom is 0.262 e. The number of benzene rings is 3. The molecular formula is C22H20Cl2N2O4S. The first kappa shape index (κ1) is 22.9. The maximum absolute atomic E-state index is 12.6. The number of carbonyl (C=O) groups is 1. The third-order valence-electron chi connectivity index (χ3n) is 4.47. The number of aryl methyl sites for hydroxylation is 1. The van der Waals surface area contributed by atoms with Crippen LogP contribution >= 0.6 is 23.2 Å². The van der Waals surface area contributed by atoms with Gasteiger partial charge in [-0.25, -0.2) is 8.42 Å². The molecule has 3 aromatic rings. The van der Waals surface area contributed by atoms with Crippen molar-refractivity contribution in [3.05, 3.63) is 81.8 Å². The summed E-state index contributed by atoms with van der Waals surface area (Å²) < 4.78 is 33.1. The van der Waals surface area contributed by atoms with Crippen molar-refractivity contribution in [3.8, 4) is 5.75 Å². The zero-order valence-electron chi connectivity index (χ0n) is 16.8. The largest absolute Gasteiger partial charge is 0.484 e. The lowest BCUT2D eigenvalue weighted by molar-refractivity contribution is -0.118. The second-order valence-electron chi connectivity index (χ2n) is 6.79. The van der Waals surface area contributed by atoms with E-state index < -0.39 is 10.0 Å². The Morgan fingerprint density at radius 2 is 1.68 bits per heavy atom. The topological polar surface area (TPSA) is 84.5 Å². The summed E-state index contributed by atoms with van der Waals surface area (Å²) in [5.74, 6) is -0.00437. The van der Waals surface area contributed by atoms with E-state index in [2.05, 4.69) is 10.0 Å². The lowest BCUT2D eigenvalue weighted by Gasteiger charge is -2.11. The monoisotopic (exact) mass is 478 g/mol. The molecule has 0 aromatic heterocycles. The van der Waals surface area contributed by atoms with Crippen LogP contribution in [0.25, 0.3) is 0 Å². The van der Waals surface area contributed by atoms with E-state index in [1.54, 1.807) is 43.3 Å². The number of anilines is 2. The summed E-state index contributed by atoms with van der Waals surface area (Å²) in [6, 6.07) is 15.9. The van der Waals surface area contributed by atoms with E-state index in [4.69, 9.17) is 27.9 Å². The summed E-state index contributed by atoms with van der Waals surface area (Å²) in [6.45, 7) is 3.39. The third kappa shape index (κ3) is 5.91. The molecule has 31 heavy (non-hydrogen) atoms. The Morgan fingerprint density at radius 3 is 2.35 bits per heavy atom. The summed E-state index contributed by atoms with van der Waals surface area (Å²) in [5, 5.41) is 3.75. The summed E-state index contributed by atoms with van der Waals surface area (Å²) in [6.07, 6.45) is 0. The van der Waals surface area contributed by atoms with E-state index >= 15 is 0 Å². The van der Waals surface area contributed by atoms with Crippen LogP contribution in [0.5, 0.6) is 5.75 Å². The van der Waals surface area contributed by atoms with E-state index in [-0.39, 0.29) is 17.4 Å². The molecule has 6 nitrogen and oxygen atoms in total. The van der Waals surface area contributed by atoms with Crippen LogP contribution in [0.4, 0.5) is 11.4 Å². The van der Waals surface area contributed by atoms with Crippen LogP contribution in [0.3, 0.4) is 0 Å². The van der Waals surface area contributed by atoms with Gasteiger partial charge in [-0.2, -0.15) is 0 Å². The number of nitrogens with one attached hydrogen (secondary N) is 2. The molecule has 2 N–H and O–H groups in total. The van der Waals surface area contributed by atoms with Crippen LogP contribution in [0.2, 0.25) is 10.0 Å². The third-order valence-corrected chi connectivity index (χ3v) is 6.68. The molecule has 0 aliphatic heterocycles. The first-order valence-corrected chi connectivity index (χ1v) is 11.5. The van der Waals surface area contributed by atoms with Crippen LogP contribution in [0, 0.1) is 13.8 Å². The highest BCUT2D eigenvalue weighted by molar-refractivity contribution is 7.92. The van der Waals surface area contributed by atoms with Gasteiger partial charge in [0.15, 0.2) is 6.61 Å². The number of ether oxygens (including phenoxy) is 1. The maximum atomic E-state index is 12.6. The Labute approximate surface area is 191 Å². The fourth-order valence-electron chi connectivity index (χ4n) is 2.66. The Kier molecular flexibility index (Phi) is 7.10. The molecule has 9 heteroatoms. The minimum Gasteiger partial charge on any atom is -0.484 e. The van der Waals surface area contributed by atoms with Crippen molar-refractivity contribution < 1.29 is 17.9 Å². The fourth-order valence-corrected chi connectivity index (χ4v) is 4.07. The number of amides is 1. The van der Waals surface area contributed by atoms with Gasteiger partial charge in [0.2, 0.25) is 0 Å². The quantitative estimate of drug-likeness (QED) is 0.474. The van der Waals surface area contributed by atoms with Gasteiger partial charge in [-0.15, -0.1) is 0 Å². The molecule has 0 unspecified atom stereocenters. The molecule has 0 fully saturated rings. The van der Waals surface area contributed by atoms with Crippen LogP contribution in [0.1, 0.15) is 11.1 Å². The Morgan fingerprint density at radius 1 is 0.968 bits per heavy atom. The molecule has 3 rings (SSSR count). The highest BCUT2D eigenvalue weighted by atomic mass is 35.5. The lowest BCUT2D eigenvalue weighted by atomic mass is 10.2. The van der Waals surface area contributed by atoms with Crippen LogP contribution in [0.15, 0.2) is 65.6 Å². The molecule has 1 amide bonds. The predicted molar refractivity (Wildman–Crippen MR) is 124 cm³/mol. The minimum absolute atomic E-state index is 0.0514. The van der Waals surface area contributed by atoms with E-state index in [9.17, 15) is 13.2 Å². The molecule has 3 aromatic carbocycles. The van der Waals surface area contributed by atoms with Crippen molar-refractivity contribution in [2.75, 3.05) is 16.6 Å². The highest BCUT2D eigenvalue weighted by Crippen LogP contribution is 2.24. The summed E-state index contributed by atoms with van der Waals surface area (Å²) >= 11 is 12.1. The van der Waals surface area contributed by atoms with Crippen molar-refractivity contribution in [2.24, 2.45) is 0 Å². The number of carbonyl (C=O) groups excluding carboxylic acids is 1. The predicted octanol–water partition coefficient (Wildman–Crippen LogP) is 5.43. The van der Waals surface area contributed by atoms with Crippen LogP contribution in [-0.2, 0) is 14.8 Å². The van der Waals surface area contributed by atoms with Crippen LogP contribution < -0.4 is 14.8 Å². The molecule has 0 radical (unpaired) electrons. The first-order valence-electron chi connectivity index (χ1n) is 9.22. The Hall–Kier alpha value is -2.74. The van der Waals surface area contributed by atoms with Crippen molar-refractivity contribution in [1.29, 1.82) is 0 Å². The van der Waals surface area contributed by atoms with Gasteiger partial charge in [0.25, 0.3) is 15.9 Å². The Balaban J connectivity index is 1.61. The number of rotatable bonds is 7. The molecule has 0 bridgehead atoms. The van der Waals surface area contributed by atoms with E-state index in [0.29, 0.717) is 27.2 Å². The van der Waals surface area contributed by atoms with Gasteiger partial charge in [0.1, 0.15) is 5.75 Å². The molecule has 0 aliphatic carbocycles. The summed E-state index contributed by atoms with van der Waals surface area (Å²) in [7, 11) is -3.80.